The molecule has 8 heteroatoms. The first-order valence-corrected chi connectivity index (χ1v) is 9.34. The summed E-state index contributed by atoms with van der Waals surface area (Å²) in [5.41, 5.74) is 4.09. The number of pyridine rings is 1. The molecule has 1 amide bonds. The van der Waals surface area contributed by atoms with Gasteiger partial charge in [0.2, 0.25) is 0 Å². The smallest absolute Gasteiger partial charge is 0.272 e. The van der Waals surface area contributed by atoms with Crippen LogP contribution in [0.1, 0.15) is 27.4 Å². The largest absolute Gasteiger partial charge is 0.347 e. The Hall–Kier alpha value is -3.26. The highest BCUT2D eigenvalue weighted by atomic mass is 32.1. The molecule has 2 N–H and O–H groups in total. The number of nitrogens with zero attached hydrogens (tertiary/aromatic N) is 4. The lowest BCUT2D eigenvalue weighted by Gasteiger charge is -2.06. The second-order valence-electron chi connectivity index (χ2n) is 6.19. The van der Waals surface area contributed by atoms with Gasteiger partial charge >= 0.3 is 0 Å². The maximum atomic E-state index is 12.3. The minimum absolute atomic E-state index is 0.225. The molecule has 27 heavy (non-hydrogen) atoms. The predicted octanol–water partition coefficient (Wildman–Crippen LogP) is 3.27. The molecule has 4 rings (SSSR count). The molecule has 0 saturated carbocycles. The zero-order chi connectivity index (χ0) is 18.8. The first-order valence-electron chi connectivity index (χ1n) is 8.46. The van der Waals surface area contributed by atoms with Crippen molar-refractivity contribution in [2.24, 2.45) is 0 Å². The number of hydrogen-bond donors (Lipinski definition) is 2. The Morgan fingerprint density at radius 2 is 2.15 bits per heavy atom. The SMILES string of the molecule is Cc1cc(C)n(-c2ccc(CNC(=O)c3cc(-c4cccs4)[nH]n3)cn2)n1. The van der Waals surface area contributed by atoms with Gasteiger partial charge in [-0.05, 0) is 49.1 Å². The van der Waals surface area contributed by atoms with E-state index in [0.717, 1.165) is 33.3 Å². The van der Waals surface area contributed by atoms with Crippen molar-refractivity contribution in [1.29, 1.82) is 0 Å². The molecular weight excluding hydrogens is 360 g/mol. The summed E-state index contributed by atoms with van der Waals surface area (Å²) in [6.07, 6.45) is 1.74. The van der Waals surface area contributed by atoms with Crippen LogP contribution >= 0.6 is 11.3 Å². The van der Waals surface area contributed by atoms with E-state index in [2.05, 4.69) is 25.6 Å². The van der Waals surface area contributed by atoms with E-state index in [9.17, 15) is 4.79 Å². The minimum atomic E-state index is -0.225. The van der Waals surface area contributed by atoms with Crippen molar-refractivity contribution in [3.05, 3.63) is 70.6 Å². The van der Waals surface area contributed by atoms with Gasteiger partial charge in [-0.3, -0.25) is 9.89 Å². The number of H-pyrrole nitrogens is 1. The molecular formula is C19H18N6OS. The van der Waals surface area contributed by atoms with Crippen molar-refractivity contribution in [3.63, 3.8) is 0 Å². The van der Waals surface area contributed by atoms with Crippen molar-refractivity contribution >= 4 is 17.2 Å². The molecule has 0 bridgehead atoms. The summed E-state index contributed by atoms with van der Waals surface area (Å²) in [5.74, 6) is 0.528. The zero-order valence-electron chi connectivity index (χ0n) is 14.9. The van der Waals surface area contributed by atoms with Gasteiger partial charge in [-0.15, -0.1) is 11.3 Å². The van der Waals surface area contributed by atoms with Gasteiger partial charge in [-0.25, -0.2) is 9.67 Å². The Morgan fingerprint density at radius 1 is 1.26 bits per heavy atom. The van der Waals surface area contributed by atoms with Crippen molar-refractivity contribution in [2.75, 3.05) is 0 Å². The number of carbonyl (C=O) groups excluding carboxylic acids is 1. The van der Waals surface area contributed by atoms with Crippen LogP contribution < -0.4 is 5.32 Å². The molecule has 0 aliphatic carbocycles. The molecule has 0 atom stereocenters. The maximum Gasteiger partial charge on any atom is 0.272 e. The number of carbonyl (C=O) groups is 1. The zero-order valence-corrected chi connectivity index (χ0v) is 15.7. The third-order valence-corrected chi connectivity index (χ3v) is 4.99. The monoisotopic (exact) mass is 378 g/mol. The number of aryl methyl sites for hydroxylation is 2. The Labute approximate surface area is 160 Å². The van der Waals surface area contributed by atoms with Crippen LogP contribution in [-0.2, 0) is 6.54 Å². The van der Waals surface area contributed by atoms with Crippen molar-refractivity contribution in [2.45, 2.75) is 20.4 Å². The van der Waals surface area contributed by atoms with Crippen LogP contribution in [-0.4, -0.2) is 30.9 Å². The topological polar surface area (TPSA) is 88.5 Å². The van der Waals surface area contributed by atoms with E-state index in [-0.39, 0.29) is 5.91 Å². The summed E-state index contributed by atoms with van der Waals surface area (Å²) in [6.45, 7) is 4.32. The van der Waals surface area contributed by atoms with Gasteiger partial charge in [0.25, 0.3) is 5.91 Å². The number of thiophene rings is 1. The summed E-state index contributed by atoms with van der Waals surface area (Å²) in [4.78, 5) is 17.8. The van der Waals surface area contributed by atoms with Crippen LogP contribution in [0.25, 0.3) is 16.4 Å². The first kappa shape index (κ1) is 17.2. The molecule has 0 unspecified atom stereocenters. The third-order valence-electron chi connectivity index (χ3n) is 4.09. The molecule has 0 saturated heterocycles. The van der Waals surface area contributed by atoms with E-state index in [1.807, 2.05) is 49.6 Å². The normalized spacial score (nSPS) is 10.9. The lowest BCUT2D eigenvalue weighted by atomic mass is 10.2. The van der Waals surface area contributed by atoms with E-state index < -0.39 is 0 Å². The minimum Gasteiger partial charge on any atom is -0.347 e. The third kappa shape index (κ3) is 3.65. The fraction of sp³-hybridized carbons (Fsp3) is 0.158. The number of hydrogen-bond acceptors (Lipinski definition) is 5. The molecule has 0 aliphatic heterocycles. The van der Waals surface area contributed by atoms with Crippen molar-refractivity contribution in [1.82, 2.24) is 30.3 Å². The number of nitrogens with one attached hydrogen (secondary N) is 2. The second-order valence-corrected chi connectivity index (χ2v) is 7.14. The summed E-state index contributed by atoms with van der Waals surface area (Å²) in [6, 6.07) is 11.5. The highest BCUT2D eigenvalue weighted by Crippen LogP contribution is 2.22. The van der Waals surface area contributed by atoms with Crippen molar-refractivity contribution < 1.29 is 4.79 Å². The van der Waals surface area contributed by atoms with E-state index in [1.54, 1.807) is 28.3 Å². The summed E-state index contributed by atoms with van der Waals surface area (Å²) in [7, 11) is 0. The van der Waals surface area contributed by atoms with Gasteiger partial charge in [-0.2, -0.15) is 10.2 Å². The lowest BCUT2D eigenvalue weighted by molar-refractivity contribution is 0.0946. The molecule has 0 fully saturated rings. The molecule has 4 aromatic rings. The predicted molar refractivity (Wildman–Crippen MR) is 104 cm³/mol. The van der Waals surface area contributed by atoms with E-state index in [1.165, 1.54) is 0 Å². The van der Waals surface area contributed by atoms with Crippen LogP contribution in [0.15, 0.2) is 48.0 Å². The van der Waals surface area contributed by atoms with Crippen LogP contribution in [0.4, 0.5) is 0 Å². The van der Waals surface area contributed by atoms with E-state index >= 15 is 0 Å². The van der Waals surface area contributed by atoms with Crippen LogP contribution in [0, 0.1) is 13.8 Å². The van der Waals surface area contributed by atoms with Crippen LogP contribution in [0.5, 0.6) is 0 Å². The molecule has 0 spiro atoms. The van der Waals surface area contributed by atoms with E-state index in [0.29, 0.717) is 12.2 Å². The second kappa shape index (κ2) is 7.16. The number of rotatable bonds is 5. The molecule has 4 heterocycles. The van der Waals surface area contributed by atoms with Gasteiger partial charge in [0, 0.05) is 18.4 Å². The fourth-order valence-corrected chi connectivity index (χ4v) is 3.47. The first-order chi connectivity index (χ1) is 13.1. The lowest BCUT2D eigenvalue weighted by Crippen LogP contribution is -2.23. The average molecular weight is 378 g/mol. The Bertz CT molecular complexity index is 1060. The molecule has 4 aromatic heterocycles. The Morgan fingerprint density at radius 3 is 2.81 bits per heavy atom. The van der Waals surface area contributed by atoms with Gasteiger partial charge in [0.05, 0.1) is 16.3 Å². The standard InChI is InChI=1S/C19H18N6OS/c1-12-8-13(2)25(24-12)18-6-5-14(10-20-18)11-21-19(26)16-9-15(22-23-16)17-4-3-7-27-17/h3-10H,11H2,1-2H3,(H,21,26)(H,22,23). The van der Waals surface area contributed by atoms with Gasteiger partial charge in [-0.1, -0.05) is 12.1 Å². The molecule has 7 nitrogen and oxygen atoms in total. The highest BCUT2D eigenvalue weighted by molar-refractivity contribution is 7.13. The average Bonchev–Trinajstić information content (AvgIpc) is 3.40. The Kier molecular flexibility index (Phi) is 4.55. The van der Waals surface area contributed by atoms with Gasteiger partial charge < -0.3 is 5.32 Å². The molecule has 136 valence electrons. The molecule has 0 aliphatic rings. The summed E-state index contributed by atoms with van der Waals surface area (Å²) < 4.78 is 1.80. The van der Waals surface area contributed by atoms with Gasteiger partial charge in [0.15, 0.2) is 11.5 Å². The molecule has 0 aromatic carbocycles. The number of amides is 1. The van der Waals surface area contributed by atoms with Crippen LogP contribution in [0.2, 0.25) is 0 Å². The number of aromatic nitrogens is 5. The van der Waals surface area contributed by atoms with Crippen LogP contribution in [0.3, 0.4) is 0 Å². The summed E-state index contributed by atoms with van der Waals surface area (Å²) >= 11 is 1.59. The Balaban J connectivity index is 1.40. The fourth-order valence-electron chi connectivity index (χ4n) is 2.78. The quantitative estimate of drug-likeness (QED) is 0.558. The van der Waals surface area contributed by atoms with E-state index in [4.69, 9.17) is 0 Å². The van der Waals surface area contributed by atoms with Crippen molar-refractivity contribution in [3.8, 4) is 16.4 Å². The summed E-state index contributed by atoms with van der Waals surface area (Å²) in [5, 5.41) is 16.3. The maximum absolute atomic E-state index is 12.3. The van der Waals surface area contributed by atoms with Gasteiger partial charge in [0.1, 0.15) is 0 Å². The highest BCUT2D eigenvalue weighted by Gasteiger charge is 2.12. The number of aromatic amines is 1. The molecule has 0 radical (unpaired) electrons.